The summed E-state index contributed by atoms with van der Waals surface area (Å²) in [6.07, 6.45) is 3.93. The number of carbonyl (C=O) groups is 1. The van der Waals surface area contributed by atoms with E-state index in [1.165, 1.54) is 0 Å². The second-order valence-electron chi connectivity index (χ2n) is 4.08. The van der Waals surface area contributed by atoms with Crippen molar-refractivity contribution in [3.63, 3.8) is 0 Å². The van der Waals surface area contributed by atoms with Crippen molar-refractivity contribution < 1.29 is 9.53 Å². The van der Waals surface area contributed by atoms with Gasteiger partial charge in [0, 0.05) is 24.5 Å². The molecule has 0 bridgehead atoms. The summed E-state index contributed by atoms with van der Waals surface area (Å²) in [5.74, 6) is -0.158. The zero-order valence-electron chi connectivity index (χ0n) is 10.6. The maximum atomic E-state index is 11.3. The molecule has 1 heterocycles. The predicted octanol–water partition coefficient (Wildman–Crippen LogP) is 2.07. The van der Waals surface area contributed by atoms with Crippen LogP contribution in [0, 0.1) is 0 Å². The van der Waals surface area contributed by atoms with Crippen molar-refractivity contribution >= 4 is 5.97 Å². The highest BCUT2D eigenvalue weighted by molar-refractivity contribution is 5.70. The summed E-state index contributed by atoms with van der Waals surface area (Å²) in [5.41, 5.74) is 1.16. The van der Waals surface area contributed by atoms with Crippen LogP contribution in [-0.2, 0) is 9.53 Å². The fraction of sp³-hybridized carbons (Fsp3) is 0.538. The van der Waals surface area contributed by atoms with Crippen molar-refractivity contribution in [2.45, 2.75) is 39.3 Å². The first kappa shape index (κ1) is 13.6. The van der Waals surface area contributed by atoms with Crippen molar-refractivity contribution in [1.29, 1.82) is 0 Å². The quantitative estimate of drug-likeness (QED) is 0.768. The first-order valence-corrected chi connectivity index (χ1v) is 5.95. The largest absolute Gasteiger partial charge is 0.466 e. The highest BCUT2D eigenvalue weighted by atomic mass is 16.5. The van der Waals surface area contributed by atoms with Gasteiger partial charge in [0.25, 0.3) is 0 Å². The topological polar surface area (TPSA) is 51.2 Å². The van der Waals surface area contributed by atoms with Crippen LogP contribution >= 0.6 is 0 Å². The molecule has 0 aliphatic heterocycles. The van der Waals surface area contributed by atoms with Crippen LogP contribution in [0.3, 0.4) is 0 Å². The van der Waals surface area contributed by atoms with Crippen LogP contribution in [0.25, 0.3) is 0 Å². The number of esters is 1. The molecule has 1 aromatic heterocycles. The SMILES string of the molecule is CCOC(=O)CC(C)N[C@H](C)c1ccncc1. The van der Waals surface area contributed by atoms with Gasteiger partial charge in [-0.2, -0.15) is 0 Å². The van der Waals surface area contributed by atoms with Crippen LogP contribution in [0.1, 0.15) is 38.8 Å². The smallest absolute Gasteiger partial charge is 0.307 e. The van der Waals surface area contributed by atoms with Crippen molar-refractivity contribution in [3.8, 4) is 0 Å². The van der Waals surface area contributed by atoms with Crippen LogP contribution in [0.5, 0.6) is 0 Å². The van der Waals surface area contributed by atoms with Gasteiger partial charge < -0.3 is 10.1 Å². The molecule has 1 rings (SSSR count). The van der Waals surface area contributed by atoms with Gasteiger partial charge in [-0.3, -0.25) is 9.78 Å². The molecule has 0 radical (unpaired) electrons. The van der Waals surface area contributed by atoms with E-state index in [0.717, 1.165) is 5.56 Å². The Kier molecular flexibility index (Phi) is 5.63. The van der Waals surface area contributed by atoms with Crippen molar-refractivity contribution in [3.05, 3.63) is 30.1 Å². The van der Waals surface area contributed by atoms with Gasteiger partial charge >= 0.3 is 5.97 Å². The first-order chi connectivity index (χ1) is 8.13. The van der Waals surface area contributed by atoms with Crippen LogP contribution in [-0.4, -0.2) is 23.6 Å². The van der Waals surface area contributed by atoms with E-state index in [-0.39, 0.29) is 18.1 Å². The van der Waals surface area contributed by atoms with Crippen molar-refractivity contribution in [2.24, 2.45) is 0 Å². The van der Waals surface area contributed by atoms with E-state index in [9.17, 15) is 4.79 Å². The third-order valence-corrected chi connectivity index (χ3v) is 2.52. The average Bonchev–Trinajstić information content (AvgIpc) is 2.30. The molecule has 1 N–H and O–H groups in total. The minimum Gasteiger partial charge on any atom is -0.466 e. The third kappa shape index (κ3) is 4.95. The van der Waals surface area contributed by atoms with E-state index in [1.54, 1.807) is 12.4 Å². The monoisotopic (exact) mass is 236 g/mol. The summed E-state index contributed by atoms with van der Waals surface area (Å²) in [7, 11) is 0. The fourth-order valence-electron chi connectivity index (χ4n) is 1.70. The number of rotatable bonds is 6. The molecule has 4 heteroatoms. The number of hydrogen-bond donors (Lipinski definition) is 1. The summed E-state index contributed by atoms with van der Waals surface area (Å²) in [6, 6.07) is 4.23. The zero-order chi connectivity index (χ0) is 12.7. The number of carbonyl (C=O) groups excluding carboxylic acids is 1. The van der Waals surface area contributed by atoms with Gasteiger partial charge in [0.15, 0.2) is 0 Å². The summed E-state index contributed by atoms with van der Waals surface area (Å²) in [5, 5.41) is 3.36. The Bertz CT molecular complexity index is 341. The van der Waals surface area contributed by atoms with Crippen LogP contribution < -0.4 is 5.32 Å². The molecular formula is C13H20N2O2. The number of nitrogens with zero attached hydrogens (tertiary/aromatic N) is 1. The molecule has 0 aliphatic rings. The Hall–Kier alpha value is -1.42. The summed E-state index contributed by atoms with van der Waals surface area (Å²) < 4.78 is 4.91. The van der Waals surface area contributed by atoms with Gasteiger partial charge in [0.2, 0.25) is 0 Å². The van der Waals surface area contributed by atoms with Gasteiger partial charge in [0.05, 0.1) is 13.0 Å². The van der Waals surface area contributed by atoms with Crippen molar-refractivity contribution in [2.75, 3.05) is 6.61 Å². The molecule has 0 aliphatic carbocycles. The van der Waals surface area contributed by atoms with E-state index in [2.05, 4.69) is 17.2 Å². The molecular weight excluding hydrogens is 216 g/mol. The van der Waals surface area contributed by atoms with E-state index in [4.69, 9.17) is 4.74 Å². The Morgan fingerprint density at radius 1 is 1.41 bits per heavy atom. The molecule has 0 saturated carbocycles. The van der Waals surface area contributed by atoms with Gasteiger partial charge in [-0.25, -0.2) is 0 Å². The third-order valence-electron chi connectivity index (χ3n) is 2.52. The maximum Gasteiger partial charge on any atom is 0.307 e. The molecule has 4 nitrogen and oxygen atoms in total. The molecule has 0 spiro atoms. The lowest BCUT2D eigenvalue weighted by Gasteiger charge is -2.19. The lowest BCUT2D eigenvalue weighted by molar-refractivity contribution is -0.143. The summed E-state index contributed by atoms with van der Waals surface area (Å²) in [4.78, 5) is 15.3. The first-order valence-electron chi connectivity index (χ1n) is 5.95. The van der Waals surface area contributed by atoms with Gasteiger partial charge in [-0.15, -0.1) is 0 Å². The molecule has 94 valence electrons. The number of ether oxygens (including phenoxy) is 1. The van der Waals surface area contributed by atoms with Crippen LogP contribution in [0.4, 0.5) is 0 Å². The Morgan fingerprint density at radius 2 is 2.06 bits per heavy atom. The molecule has 1 aromatic rings. The number of nitrogens with one attached hydrogen (secondary N) is 1. The number of hydrogen-bond acceptors (Lipinski definition) is 4. The zero-order valence-corrected chi connectivity index (χ0v) is 10.6. The van der Waals surface area contributed by atoms with E-state index in [0.29, 0.717) is 13.0 Å². The summed E-state index contributed by atoms with van der Waals surface area (Å²) in [6.45, 7) is 6.30. The second kappa shape index (κ2) is 7.01. The lowest BCUT2D eigenvalue weighted by Crippen LogP contribution is -2.31. The summed E-state index contributed by atoms with van der Waals surface area (Å²) >= 11 is 0. The lowest BCUT2D eigenvalue weighted by atomic mass is 10.1. The van der Waals surface area contributed by atoms with Gasteiger partial charge in [-0.05, 0) is 38.5 Å². The maximum absolute atomic E-state index is 11.3. The van der Waals surface area contributed by atoms with Crippen molar-refractivity contribution in [1.82, 2.24) is 10.3 Å². The van der Waals surface area contributed by atoms with Crippen LogP contribution in [0.15, 0.2) is 24.5 Å². The van der Waals surface area contributed by atoms with Crippen LogP contribution in [0.2, 0.25) is 0 Å². The molecule has 17 heavy (non-hydrogen) atoms. The fourth-order valence-corrected chi connectivity index (χ4v) is 1.70. The highest BCUT2D eigenvalue weighted by Gasteiger charge is 2.13. The minimum absolute atomic E-state index is 0.0946. The molecule has 0 amide bonds. The Morgan fingerprint density at radius 3 is 2.65 bits per heavy atom. The second-order valence-corrected chi connectivity index (χ2v) is 4.08. The van der Waals surface area contributed by atoms with Gasteiger partial charge in [0.1, 0.15) is 0 Å². The predicted molar refractivity (Wildman–Crippen MR) is 66.5 cm³/mol. The molecule has 0 saturated heterocycles. The Labute approximate surface area is 102 Å². The standard InChI is InChI=1S/C13H20N2O2/c1-4-17-13(16)9-10(2)15-11(3)12-5-7-14-8-6-12/h5-8,10-11,15H,4,9H2,1-3H3/t10?,11-/m1/s1. The number of aromatic nitrogens is 1. The normalized spacial score (nSPS) is 14.1. The number of pyridine rings is 1. The molecule has 0 aromatic carbocycles. The molecule has 0 fully saturated rings. The van der Waals surface area contributed by atoms with Gasteiger partial charge in [-0.1, -0.05) is 0 Å². The van der Waals surface area contributed by atoms with E-state index >= 15 is 0 Å². The average molecular weight is 236 g/mol. The highest BCUT2D eigenvalue weighted by Crippen LogP contribution is 2.12. The van der Waals surface area contributed by atoms with E-state index < -0.39 is 0 Å². The molecule has 2 atom stereocenters. The Balaban J connectivity index is 2.41. The molecule has 1 unspecified atom stereocenters. The van der Waals surface area contributed by atoms with E-state index in [1.807, 2.05) is 26.0 Å². The minimum atomic E-state index is -0.158.